The van der Waals surface area contributed by atoms with Gasteiger partial charge in [-0.25, -0.2) is 0 Å². The Bertz CT molecular complexity index is 283. The van der Waals surface area contributed by atoms with Crippen LogP contribution >= 0.6 is 0 Å². The molecule has 64 valence electrons. The predicted molar refractivity (Wildman–Crippen MR) is 45.5 cm³/mol. The molecule has 0 radical (unpaired) electrons. The average molecular weight is 164 g/mol. The molecule has 1 heterocycles. The van der Waals surface area contributed by atoms with Gasteiger partial charge in [-0.3, -0.25) is 4.68 Å². The summed E-state index contributed by atoms with van der Waals surface area (Å²) in [5.41, 5.74) is 0.610. The van der Waals surface area contributed by atoms with Crippen LogP contribution in [0.1, 0.15) is 12.5 Å². The average Bonchev–Trinajstić information content (AvgIpc) is 2.52. The maximum Gasteiger partial charge on any atom is 0.102 e. The van der Waals surface area contributed by atoms with Crippen LogP contribution in [0.2, 0.25) is 0 Å². The Balaban J connectivity index is 2.59. The maximum atomic E-state index is 8.52. The molecule has 0 spiro atoms. The summed E-state index contributed by atoms with van der Waals surface area (Å²) in [5, 5.41) is 15.6. The number of nitrogens with zero attached hydrogens (tertiary/aromatic N) is 3. The molecule has 0 amide bonds. The summed E-state index contributed by atoms with van der Waals surface area (Å²) in [6, 6.07) is 2.41. The van der Waals surface area contributed by atoms with Crippen LogP contribution in [0.5, 0.6) is 0 Å². The smallest absolute Gasteiger partial charge is 0.102 e. The minimum Gasteiger partial charge on any atom is -0.315 e. The molecule has 0 aliphatic carbocycles. The number of hydrogen-bond acceptors (Lipinski definition) is 3. The third kappa shape index (κ3) is 2.07. The van der Waals surface area contributed by atoms with E-state index in [9.17, 15) is 0 Å². The van der Waals surface area contributed by atoms with Crippen molar-refractivity contribution < 1.29 is 0 Å². The Labute approximate surface area is 71.8 Å². The summed E-state index contributed by atoms with van der Waals surface area (Å²) in [5.74, 6) is 0. The molecule has 0 bridgehead atoms. The fourth-order valence-corrected chi connectivity index (χ4v) is 0.893. The van der Waals surface area contributed by atoms with E-state index in [-0.39, 0.29) is 0 Å². The highest BCUT2D eigenvalue weighted by atomic mass is 15.3. The van der Waals surface area contributed by atoms with Crippen molar-refractivity contribution in [1.82, 2.24) is 15.1 Å². The molecule has 0 saturated carbocycles. The van der Waals surface area contributed by atoms with Gasteiger partial charge in [0.2, 0.25) is 0 Å². The molecule has 4 nitrogen and oxygen atoms in total. The molecule has 4 heteroatoms. The van der Waals surface area contributed by atoms with Crippen LogP contribution in [0.4, 0.5) is 0 Å². The normalized spacial score (nSPS) is 12.4. The Kier molecular flexibility index (Phi) is 2.83. The summed E-state index contributed by atoms with van der Waals surface area (Å²) >= 11 is 0. The highest BCUT2D eigenvalue weighted by molar-refractivity contribution is 5.21. The summed E-state index contributed by atoms with van der Waals surface area (Å²) in [6.45, 7) is 2.85. The third-order valence-corrected chi connectivity index (χ3v) is 1.72. The van der Waals surface area contributed by atoms with Crippen molar-refractivity contribution in [2.75, 3.05) is 7.05 Å². The lowest BCUT2D eigenvalue weighted by Gasteiger charge is -2.08. The second-order valence-electron chi connectivity index (χ2n) is 2.75. The van der Waals surface area contributed by atoms with Gasteiger partial charge in [0.15, 0.2) is 0 Å². The first-order valence-electron chi connectivity index (χ1n) is 3.86. The van der Waals surface area contributed by atoms with E-state index in [1.807, 2.05) is 13.1 Å². The summed E-state index contributed by atoms with van der Waals surface area (Å²) in [6.07, 6.45) is 3.32. The van der Waals surface area contributed by atoms with Gasteiger partial charge in [0.25, 0.3) is 0 Å². The molecule has 0 saturated heterocycles. The summed E-state index contributed by atoms with van der Waals surface area (Å²) in [7, 11) is 1.90. The molecule has 0 aliphatic heterocycles. The first-order chi connectivity index (χ1) is 5.76. The second kappa shape index (κ2) is 3.88. The molecule has 1 atom stereocenters. The Hall–Kier alpha value is -1.34. The van der Waals surface area contributed by atoms with Crippen LogP contribution in [-0.4, -0.2) is 22.9 Å². The molecule has 1 rings (SSSR count). The number of rotatable bonds is 3. The van der Waals surface area contributed by atoms with Crippen LogP contribution < -0.4 is 5.32 Å². The number of nitriles is 1. The zero-order chi connectivity index (χ0) is 8.97. The molecule has 0 aromatic carbocycles. The predicted octanol–water partition coefficient (Wildman–Crippen LogP) is 0.363. The lowest BCUT2D eigenvalue weighted by atomic mass is 10.3. The van der Waals surface area contributed by atoms with E-state index in [1.165, 1.54) is 0 Å². The first kappa shape index (κ1) is 8.75. The van der Waals surface area contributed by atoms with E-state index in [1.54, 1.807) is 17.1 Å². The second-order valence-corrected chi connectivity index (χ2v) is 2.75. The van der Waals surface area contributed by atoms with Crippen molar-refractivity contribution >= 4 is 0 Å². The fourth-order valence-electron chi connectivity index (χ4n) is 0.893. The van der Waals surface area contributed by atoms with E-state index in [0.29, 0.717) is 11.6 Å². The number of aromatic nitrogens is 2. The molecule has 1 N–H and O–H groups in total. The standard InChI is InChI=1S/C8H12N4/c1-7(10-2)5-12-6-8(3-9)4-11-12/h4,6-7,10H,5H2,1-2H3. The number of likely N-dealkylation sites (N-methyl/N-ethyl adjacent to an activating group) is 1. The highest BCUT2D eigenvalue weighted by Gasteiger charge is 2.01. The van der Waals surface area contributed by atoms with Crippen LogP contribution in [-0.2, 0) is 6.54 Å². The molecule has 1 aromatic rings. The van der Waals surface area contributed by atoms with Gasteiger partial charge in [-0.15, -0.1) is 0 Å². The van der Waals surface area contributed by atoms with Crippen molar-refractivity contribution in [2.45, 2.75) is 19.5 Å². The zero-order valence-corrected chi connectivity index (χ0v) is 7.28. The van der Waals surface area contributed by atoms with Gasteiger partial charge in [-0.1, -0.05) is 0 Å². The lowest BCUT2D eigenvalue weighted by molar-refractivity contribution is 0.481. The highest BCUT2D eigenvalue weighted by Crippen LogP contribution is 1.95. The maximum absolute atomic E-state index is 8.52. The minimum absolute atomic E-state index is 0.372. The summed E-state index contributed by atoms with van der Waals surface area (Å²) in [4.78, 5) is 0. The molecular formula is C8H12N4. The Morgan fingerprint density at radius 2 is 2.58 bits per heavy atom. The van der Waals surface area contributed by atoms with Crippen LogP contribution in [0.3, 0.4) is 0 Å². The topological polar surface area (TPSA) is 53.6 Å². The number of hydrogen-bond donors (Lipinski definition) is 1. The molecule has 1 unspecified atom stereocenters. The van der Waals surface area contributed by atoms with Crippen LogP contribution in [0.25, 0.3) is 0 Å². The van der Waals surface area contributed by atoms with Crippen LogP contribution in [0.15, 0.2) is 12.4 Å². The fraction of sp³-hybridized carbons (Fsp3) is 0.500. The van der Waals surface area contributed by atoms with Crippen molar-refractivity contribution in [3.63, 3.8) is 0 Å². The van der Waals surface area contributed by atoms with Gasteiger partial charge >= 0.3 is 0 Å². The third-order valence-electron chi connectivity index (χ3n) is 1.72. The van der Waals surface area contributed by atoms with Gasteiger partial charge in [-0.05, 0) is 14.0 Å². The van der Waals surface area contributed by atoms with E-state index in [2.05, 4.69) is 17.3 Å². The molecular weight excluding hydrogens is 152 g/mol. The van der Waals surface area contributed by atoms with Crippen molar-refractivity contribution in [3.05, 3.63) is 18.0 Å². The SMILES string of the molecule is CNC(C)Cn1cc(C#N)cn1. The van der Waals surface area contributed by atoms with E-state index in [4.69, 9.17) is 5.26 Å². The van der Waals surface area contributed by atoms with Gasteiger partial charge < -0.3 is 5.32 Å². The van der Waals surface area contributed by atoms with Gasteiger partial charge in [0, 0.05) is 12.2 Å². The van der Waals surface area contributed by atoms with E-state index >= 15 is 0 Å². The molecule has 12 heavy (non-hydrogen) atoms. The molecule has 1 aromatic heterocycles. The van der Waals surface area contributed by atoms with Crippen molar-refractivity contribution in [1.29, 1.82) is 5.26 Å². The first-order valence-corrected chi connectivity index (χ1v) is 3.86. The van der Waals surface area contributed by atoms with Gasteiger partial charge in [-0.2, -0.15) is 10.4 Å². The monoisotopic (exact) mass is 164 g/mol. The number of nitrogens with one attached hydrogen (secondary N) is 1. The molecule has 0 fully saturated rings. The van der Waals surface area contributed by atoms with Crippen LogP contribution in [0, 0.1) is 11.3 Å². The minimum atomic E-state index is 0.372. The van der Waals surface area contributed by atoms with E-state index < -0.39 is 0 Å². The van der Waals surface area contributed by atoms with Gasteiger partial charge in [0.05, 0.1) is 18.3 Å². The van der Waals surface area contributed by atoms with E-state index in [0.717, 1.165) is 6.54 Å². The molecule has 0 aliphatic rings. The zero-order valence-electron chi connectivity index (χ0n) is 7.28. The Morgan fingerprint density at radius 3 is 3.08 bits per heavy atom. The largest absolute Gasteiger partial charge is 0.315 e. The quantitative estimate of drug-likeness (QED) is 0.702. The van der Waals surface area contributed by atoms with Gasteiger partial charge in [0.1, 0.15) is 6.07 Å². The Morgan fingerprint density at radius 1 is 1.83 bits per heavy atom. The van der Waals surface area contributed by atoms with Crippen molar-refractivity contribution in [3.8, 4) is 6.07 Å². The van der Waals surface area contributed by atoms with Crippen molar-refractivity contribution in [2.24, 2.45) is 0 Å². The lowest BCUT2D eigenvalue weighted by Crippen LogP contribution is -2.26. The summed E-state index contributed by atoms with van der Waals surface area (Å²) < 4.78 is 1.76.